The molecule has 0 spiro atoms. The van der Waals surface area contributed by atoms with Crippen LogP contribution in [0.3, 0.4) is 0 Å². The molecule has 0 unspecified atom stereocenters. The topological polar surface area (TPSA) is 75.7 Å². The quantitative estimate of drug-likeness (QED) is 0.853. The molecule has 126 valence electrons. The number of carbonyl (C=O) groups is 3. The summed E-state index contributed by atoms with van der Waals surface area (Å²) in [6.07, 6.45) is 0.951. The molecule has 2 aliphatic heterocycles. The van der Waals surface area contributed by atoms with Gasteiger partial charge in [-0.3, -0.25) is 9.59 Å². The molecule has 1 N–H and O–H groups in total. The lowest BCUT2D eigenvalue weighted by Crippen LogP contribution is -2.28. The number of fused-ring (bicyclic) bond motifs is 2. The first-order chi connectivity index (χ1) is 12.1. The maximum atomic E-state index is 12.9. The molecule has 2 aromatic carbocycles. The van der Waals surface area contributed by atoms with Crippen LogP contribution in [0.15, 0.2) is 36.4 Å². The van der Waals surface area contributed by atoms with Crippen molar-refractivity contribution in [1.82, 2.24) is 0 Å². The summed E-state index contributed by atoms with van der Waals surface area (Å²) in [5.41, 5.74) is 4.17. The third kappa shape index (κ3) is 2.46. The van der Waals surface area contributed by atoms with Crippen LogP contribution in [0.1, 0.15) is 31.8 Å². The molecule has 0 aliphatic carbocycles. The molecule has 0 radical (unpaired) electrons. The van der Waals surface area contributed by atoms with Crippen molar-refractivity contribution in [2.75, 3.05) is 23.9 Å². The molecular weight excluding hydrogens is 320 g/mol. The summed E-state index contributed by atoms with van der Waals surface area (Å²) in [5, 5.41) is 2.76. The number of hydrogen-bond donors (Lipinski definition) is 1. The van der Waals surface area contributed by atoms with Gasteiger partial charge in [0, 0.05) is 23.5 Å². The van der Waals surface area contributed by atoms with Gasteiger partial charge in [-0.25, -0.2) is 4.79 Å². The highest BCUT2D eigenvalue weighted by Crippen LogP contribution is 2.33. The van der Waals surface area contributed by atoms with E-state index in [1.54, 1.807) is 29.2 Å². The summed E-state index contributed by atoms with van der Waals surface area (Å²) < 4.78 is 4.82. The number of benzene rings is 2. The van der Waals surface area contributed by atoms with Gasteiger partial charge in [-0.15, -0.1) is 0 Å². The van der Waals surface area contributed by atoms with Gasteiger partial charge in [0.25, 0.3) is 5.91 Å². The van der Waals surface area contributed by atoms with E-state index in [0.29, 0.717) is 36.2 Å². The van der Waals surface area contributed by atoms with Crippen molar-refractivity contribution in [3.63, 3.8) is 0 Å². The van der Waals surface area contributed by atoms with Gasteiger partial charge in [-0.2, -0.15) is 0 Å². The van der Waals surface area contributed by atoms with Crippen LogP contribution in [0, 0.1) is 0 Å². The van der Waals surface area contributed by atoms with Gasteiger partial charge in [0.1, 0.15) is 0 Å². The van der Waals surface area contributed by atoms with E-state index in [9.17, 15) is 14.4 Å². The van der Waals surface area contributed by atoms with Crippen molar-refractivity contribution in [3.8, 4) is 0 Å². The van der Waals surface area contributed by atoms with E-state index in [0.717, 1.165) is 16.8 Å². The number of hydrogen-bond acceptors (Lipinski definition) is 4. The van der Waals surface area contributed by atoms with Crippen LogP contribution in [0.4, 0.5) is 11.4 Å². The van der Waals surface area contributed by atoms with Gasteiger partial charge in [-0.1, -0.05) is 12.1 Å². The van der Waals surface area contributed by atoms with Crippen molar-refractivity contribution in [2.24, 2.45) is 0 Å². The number of ether oxygens (including phenoxy) is 1. The maximum Gasteiger partial charge on any atom is 0.338 e. The molecular formula is C19H16N2O4. The van der Waals surface area contributed by atoms with Crippen molar-refractivity contribution in [3.05, 3.63) is 58.7 Å². The minimum atomic E-state index is -0.397. The number of anilines is 2. The average Bonchev–Trinajstić information content (AvgIpc) is 3.21. The molecule has 2 amide bonds. The van der Waals surface area contributed by atoms with Crippen LogP contribution < -0.4 is 10.2 Å². The molecule has 0 saturated carbocycles. The number of esters is 1. The lowest BCUT2D eigenvalue weighted by Gasteiger charge is -2.18. The molecule has 4 rings (SSSR count). The van der Waals surface area contributed by atoms with E-state index in [2.05, 4.69) is 5.32 Å². The number of carbonyl (C=O) groups excluding carboxylic acids is 3. The monoisotopic (exact) mass is 336 g/mol. The predicted molar refractivity (Wildman–Crippen MR) is 91.9 cm³/mol. The third-order valence-electron chi connectivity index (χ3n) is 4.66. The second kappa shape index (κ2) is 5.73. The van der Waals surface area contributed by atoms with E-state index >= 15 is 0 Å². The maximum absolute atomic E-state index is 12.9. The second-order valence-electron chi connectivity index (χ2n) is 6.10. The Kier molecular flexibility index (Phi) is 3.53. The first-order valence-electron chi connectivity index (χ1n) is 8.03. The Morgan fingerprint density at radius 3 is 2.84 bits per heavy atom. The van der Waals surface area contributed by atoms with Crippen molar-refractivity contribution in [1.29, 1.82) is 0 Å². The fraction of sp³-hybridized carbons (Fsp3) is 0.211. The van der Waals surface area contributed by atoms with Gasteiger partial charge in [0.2, 0.25) is 5.91 Å². The number of nitrogens with zero attached hydrogens (tertiary/aromatic N) is 1. The van der Waals surface area contributed by atoms with Crippen LogP contribution in [0.5, 0.6) is 0 Å². The fourth-order valence-corrected chi connectivity index (χ4v) is 3.45. The van der Waals surface area contributed by atoms with Crippen molar-refractivity contribution in [2.45, 2.75) is 12.8 Å². The number of nitrogens with one attached hydrogen (secondary N) is 1. The fourth-order valence-electron chi connectivity index (χ4n) is 3.45. The smallest absolute Gasteiger partial charge is 0.338 e. The highest BCUT2D eigenvalue weighted by atomic mass is 16.5. The molecule has 2 aliphatic rings. The van der Waals surface area contributed by atoms with Gasteiger partial charge in [0.05, 0.1) is 19.1 Å². The zero-order valence-electron chi connectivity index (χ0n) is 13.7. The van der Waals surface area contributed by atoms with E-state index in [1.165, 1.54) is 7.11 Å². The molecule has 2 heterocycles. The normalized spacial score (nSPS) is 14.8. The minimum Gasteiger partial charge on any atom is -0.465 e. The summed E-state index contributed by atoms with van der Waals surface area (Å²) in [6.45, 7) is 0.506. The molecule has 0 bridgehead atoms. The van der Waals surface area contributed by atoms with Crippen molar-refractivity contribution < 1.29 is 19.1 Å². The van der Waals surface area contributed by atoms with E-state index in [4.69, 9.17) is 4.74 Å². The largest absolute Gasteiger partial charge is 0.465 e. The highest BCUT2D eigenvalue weighted by molar-refractivity contribution is 6.10. The SMILES string of the molecule is COC(=O)c1cccc2c1CCN2C(=O)c1ccc2c(c1)NC(=O)C2. The molecule has 0 saturated heterocycles. The summed E-state index contributed by atoms with van der Waals surface area (Å²) in [6, 6.07) is 10.6. The zero-order chi connectivity index (χ0) is 17.6. The molecule has 6 heteroatoms. The van der Waals surface area contributed by atoms with Gasteiger partial charge < -0.3 is 15.0 Å². The Hall–Kier alpha value is -3.15. The Balaban J connectivity index is 1.67. The lowest BCUT2D eigenvalue weighted by molar-refractivity contribution is -0.115. The van der Waals surface area contributed by atoms with E-state index in [-0.39, 0.29) is 11.8 Å². The van der Waals surface area contributed by atoms with Crippen LogP contribution >= 0.6 is 0 Å². The summed E-state index contributed by atoms with van der Waals surface area (Å²) >= 11 is 0. The Bertz CT molecular complexity index is 920. The van der Waals surface area contributed by atoms with Gasteiger partial charge >= 0.3 is 5.97 Å². The standard InChI is InChI=1S/C19H16N2O4/c1-25-19(24)14-3-2-4-16-13(14)7-8-21(16)18(23)12-6-5-11-10-17(22)20-15(11)9-12/h2-6,9H,7-8,10H2,1H3,(H,20,22). The first-order valence-corrected chi connectivity index (χ1v) is 8.03. The Labute approximate surface area is 144 Å². The lowest BCUT2D eigenvalue weighted by atomic mass is 10.0. The average molecular weight is 336 g/mol. The Morgan fingerprint density at radius 2 is 2.04 bits per heavy atom. The zero-order valence-corrected chi connectivity index (χ0v) is 13.7. The van der Waals surface area contributed by atoms with Crippen LogP contribution in [-0.2, 0) is 22.4 Å². The predicted octanol–water partition coefficient (Wildman–Crippen LogP) is 2.17. The van der Waals surface area contributed by atoms with E-state index in [1.807, 2.05) is 12.1 Å². The van der Waals surface area contributed by atoms with Gasteiger partial charge in [0.15, 0.2) is 0 Å². The highest BCUT2D eigenvalue weighted by Gasteiger charge is 2.30. The molecule has 0 atom stereocenters. The minimum absolute atomic E-state index is 0.0613. The van der Waals surface area contributed by atoms with Crippen LogP contribution in [0.25, 0.3) is 0 Å². The van der Waals surface area contributed by atoms with Crippen LogP contribution in [-0.4, -0.2) is 31.4 Å². The van der Waals surface area contributed by atoms with Crippen LogP contribution in [0.2, 0.25) is 0 Å². The molecule has 6 nitrogen and oxygen atoms in total. The summed E-state index contributed by atoms with van der Waals surface area (Å²) in [7, 11) is 1.35. The summed E-state index contributed by atoms with van der Waals surface area (Å²) in [4.78, 5) is 38.0. The second-order valence-corrected chi connectivity index (χ2v) is 6.10. The molecule has 0 aromatic heterocycles. The number of amides is 2. The number of rotatable bonds is 2. The van der Waals surface area contributed by atoms with E-state index < -0.39 is 5.97 Å². The summed E-state index contributed by atoms with van der Waals surface area (Å²) in [5.74, 6) is -0.607. The molecule has 0 fully saturated rings. The number of methoxy groups -OCH3 is 1. The van der Waals surface area contributed by atoms with Gasteiger partial charge in [-0.05, 0) is 41.8 Å². The molecule has 25 heavy (non-hydrogen) atoms. The Morgan fingerprint density at radius 1 is 1.20 bits per heavy atom. The third-order valence-corrected chi connectivity index (χ3v) is 4.66. The molecule has 2 aromatic rings. The van der Waals surface area contributed by atoms with Crippen molar-refractivity contribution >= 4 is 29.2 Å². The first kappa shape index (κ1) is 15.4.